The van der Waals surface area contributed by atoms with E-state index in [1.54, 1.807) is 4.90 Å². The number of nitrogens with two attached hydrogens (primary N) is 1. The van der Waals surface area contributed by atoms with E-state index in [4.69, 9.17) is 5.73 Å². The second kappa shape index (κ2) is 8.60. The van der Waals surface area contributed by atoms with Gasteiger partial charge >= 0.3 is 6.03 Å². The number of nitrogens with zero attached hydrogens (tertiary/aromatic N) is 1. The lowest BCUT2D eigenvalue weighted by Crippen LogP contribution is -2.48. The van der Waals surface area contributed by atoms with Gasteiger partial charge < -0.3 is 21.3 Å². The molecule has 1 aliphatic heterocycles. The predicted octanol–water partition coefficient (Wildman–Crippen LogP) is 0.640. The first-order valence-corrected chi connectivity index (χ1v) is 7.19. The molecule has 1 aromatic carbocycles. The Labute approximate surface area is 136 Å². The number of halogens is 1. The fraction of sp³-hybridized carbons (Fsp3) is 0.467. The lowest BCUT2D eigenvalue weighted by molar-refractivity contribution is -0.120. The topological polar surface area (TPSA) is 87.5 Å². The van der Waals surface area contributed by atoms with Crippen molar-refractivity contribution >= 4 is 24.3 Å². The normalized spacial score (nSPS) is 14.4. The molecule has 0 aromatic heterocycles. The molecule has 0 saturated heterocycles. The highest BCUT2D eigenvalue weighted by Gasteiger charge is 2.20. The molecule has 0 bridgehead atoms. The van der Waals surface area contributed by atoms with Crippen LogP contribution in [0.25, 0.3) is 0 Å². The summed E-state index contributed by atoms with van der Waals surface area (Å²) in [6.45, 7) is 3.43. The van der Waals surface area contributed by atoms with Gasteiger partial charge in [0.2, 0.25) is 5.91 Å². The van der Waals surface area contributed by atoms with Crippen LogP contribution in [0.5, 0.6) is 0 Å². The third kappa shape index (κ3) is 4.89. The van der Waals surface area contributed by atoms with Crippen molar-refractivity contribution in [1.29, 1.82) is 0 Å². The Kier molecular flexibility index (Phi) is 7.14. The Hall–Kier alpha value is -1.79. The molecular weight excluding hydrogens is 304 g/mol. The van der Waals surface area contributed by atoms with Gasteiger partial charge in [-0.25, -0.2) is 4.79 Å². The molecule has 7 heteroatoms. The van der Waals surface area contributed by atoms with Crippen LogP contribution in [0.2, 0.25) is 0 Å². The second-order valence-electron chi connectivity index (χ2n) is 5.30. The summed E-state index contributed by atoms with van der Waals surface area (Å²) in [6.07, 6.45) is 0.847. The largest absolute Gasteiger partial charge is 0.351 e. The van der Waals surface area contributed by atoms with Crippen molar-refractivity contribution < 1.29 is 9.59 Å². The Bertz CT molecular complexity index is 524. The second-order valence-corrected chi connectivity index (χ2v) is 5.30. The standard InChI is InChI=1S/C15H22N4O2.ClH/c1-11(8-16)18-14(20)9-17-15(21)19-7-6-12-4-2-3-5-13(12)10-19;/h2-5,11H,6-10,16H2,1H3,(H,17,21)(H,18,20);1H/t11-;/m0./s1. The number of hydrogen-bond acceptors (Lipinski definition) is 3. The maximum atomic E-state index is 12.1. The summed E-state index contributed by atoms with van der Waals surface area (Å²) < 4.78 is 0. The zero-order chi connectivity index (χ0) is 15.2. The highest BCUT2D eigenvalue weighted by atomic mass is 35.5. The van der Waals surface area contributed by atoms with E-state index in [2.05, 4.69) is 16.7 Å². The smallest absolute Gasteiger partial charge is 0.318 e. The van der Waals surface area contributed by atoms with Crippen LogP contribution in [0.15, 0.2) is 24.3 Å². The molecule has 0 fully saturated rings. The average Bonchev–Trinajstić information content (AvgIpc) is 2.51. The van der Waals surface area contributed by atoms with E-state index in [0.29, 0.717) is 19.6 Å². The summed E-state index contributed by atoms with van der Waals surface area (Å²) in [6, 6.07) is 7.81. The lowest BCUT2D eigenvalue weighted by Gasteiger charge is -2.28. The number of nitrogens with one attached hydrogen (secondary N) is 2. The number of amides is 3. The molecule has 0 saturated carbocycles. The minimum atomic E-state index is -0.223. The predicted molar refractivity (Wildman–Crippen MR) is 87.9 cm³/mol. The van der Waals surface area contributed by atoms with Gasteiger partial charge in [-0.1, -0.05) is 24.3 Å². The maximum Gasteiger partial charge on any atom is 0.318 e. The number of urea groups is 1. The van der Waals surface area contributed by atoms with E-state index >= 15 is 0 Å². The molecule has 1 atom stereocenters. The summed E-state index contributed by atoms with van der Waals surface area (Å²) in [4.78, 5) is 25.4. The SMILES string of the molecule is C[C@@H](CN)NC(=O)CNC(=O)N1CCc2ccccc2C1.Cl. The maximum absolute atomic E-state index is 12.1. The quantitative estimate of drug-likeness (QED) is 0.758. The van der Waals surface area contributed by atoms with Crippen molar-refractivity contribution in [2.45, 2.75) is 25.9 Å². The van der Waals surface area contributed by atoms with Crippen LogP contribution < -0.4 is 16.4 Å². The van der Waals surface area contributed by atoms with Crippen LogP contribution >= 0.6 is 12.4 Å². The Morgan fingerprint density at radius 1 is 1.32 bits per heavy atom. The molecule has 6 nitrogen and oxygen atoms in total. The van der Waals surface area contributed by atoms with Gasteiger partial charge in [0, 0.05) is 25.7 Å². The van der Waals surface area contributed by atoms with Crippen LogP contribution in [-0.4, -0.2) is 42.5 Å². The minimum Gasteiger partial charge on any atom is -0.351 e. The van der Waals surface area contributed by atoms with Gasteiger partial charge in [-0.2, -0.15) is 0 Å². The molecule has 2 rings (SSSR count). The van der Waals surface area contributed by atoms with Gasteiger partial charge in [0.15, 0.2) is 0 Å². The van der Waals surface area contributed by atoms with E-state index in [9.17, 15) is 9.59 Å². The number of fused-ring (bicyclic) bond motifs is 1. The van der Waals surface area contributed by atoms with Crippen molar-refractivity contribution in [1.82, 2.24) is 15.5 Å². The monoisotopic (exact) mass is 326 g/mol. The van der Waals surface area contributed by atoms with Crippen molar-refractivity contribution in [2.75, 3.05) is 19.6 Å². The molecule has 0 aliphatic carbocycles. The number of hydrogen-bond donors (Lipinski definition) is 3. The summed E-state index contributed by atoms with van der Waals surface area (Å²) in [7, 11) is 0. The summed E-state index contributed by atoms with van der Waals surface area (Å²) in [5, 5.41) is 5.35. The molecule has 0 radical (unpaired) electrons. The van der Waals surface area contributed by atoms with Crippen LogP contribution in [0.3, 0.4) is 0 Å². The molecule has 0 spiro atoms. The number of benzene rings is 1. The van der Waals surface area contributed by atoms with Gasteiger partial charge in [-0.05, 0) is 24.5 Å². The molecular formula is C15H23ClN4O2. The highest BCUT2D eigenvalue weighted by Crippen LogP contribution is 2.18. The van der Waals surface area contributed by atoms with Crippen molar-refractivity contribution in [3.05, 3.63) is 35.4 Å². The van der Waals surface area contributed by atoms with Gasteiger partial charge in [-0.15, -0.1) is 12.4 Å². The molecule has 4 N–H and O–H groups in total. The molecule has 22 heavy (non-hydrogen) atoms. The van der Waals surface area contributed by atoms with Gasteiger partial charge in [0.05, 0.1) is 6.54 Å². The zero-order valence-corrected chi connectivity index (χ0v) is 13.5. The van der Waals surface area contributed by atoms with Crippen molar-refractivity contribution in [3.8, 4) is 0 Å². The molecule has 3 amide bonds. The van der Waals surface area contributed by atoms with Gasteiger partial charge in [-0.3, -0.25) is 4.79 Å². The van der Waals surface area contributed by atoms with Crippen molar-refractivity contribution in [2.24, 2.45) is 5.73 Å². The fourth-order valence-electron chi connectivity index (χ4n) is 2.32. The first-order valence-electron chi connectivity index (χ1n) is 7.19. The number of carbonyl (C=O) groups is 2. The summed E-state index contributed by atoms with van der Waals surface area (Å²) >= 11 is 0. The molecule has 1 aromatic rings. The zero-order valence-electron chi connectivity index (χ0n) is 12.7. The van der Waals surface area contributed by atoms with Crippen molar-refractivity contribution in [3.63, 3.8) is 0 Å². The number of carbonyl (C=O) groups excluding carboxylic acids is 2. The average molecular weight is 327 g/mol. The molecule has 1 aliphatic rings. The Morgan fingerprint density at radius 3 is 2.68 bits per heavy atom. The van der Waals surface area contributed by atoms with Crippen LogP contribution in [0.1, 0.15) is 18.1 Å². The third-order valence-corrected chi connectivity index (χ3v) is 3.58. The van der Waals surface area contributed by atoms with E-state index in [1.807, 2.05) is 25.1 Å². The first kappa shape index (κ1) is 18.3. The Morgan fingerprint density at radius 2 is 2.00 bits per heavy atom. The van der Waals surface area contributed by atoms with Gasteiger partial charge in [0.25, 0.3) is 0 Å². The van der Waals surface area contributed by atoms with E-state index in [1.165, 1.54) is 11.1 Å². The fourth-order valence-corrected chi connectivity index (χ4v) is 2.32. The van der Waals surface area contributed by atoms with E-state index < -0.39 is 0 Å². The molecule has 0 unspecified atom stereocenters. The third-order valence-electron chi connectivity index (χ3n) is 3.58. The van der Waals surface area contributed by atoms with Gasteiger partial charge in [0.1, 0.15) is 0 Å². The highest BCUT2D eigenvalue weighted by molar-refractivity contribution is 5.85. The van der Waals surface area contributed by atoms with Crippen LogP contribution in [0, 0.1) is 0 Å². The molecule has 1 heterocycles. The molecule has 122 valence electrons. The first-order chi connectivity index (χ1) is 10.1. The van der Waals surface area contributed by atoms with E-state index in [-0.39, 0.29) is 36.9 Å². The Balaban J connectivity index is 0.00000242. The number of rotatable bonds is 4. The summed E-state index contributed by atoms with van der Waals surface area (Å²) in [5.41, 5.74) is 7.88. The van der Waals surface area contributed by atoms with Crippen LogP contribution in [-0.2, 0) is 17.8 Å². The summed E-state index contributed by atoms with van der Waals surface area (Å²) in [5.74, 6) is -0.223. The minimum absolute atomic E-state index is 0. The lowest BCUT2D eigenvalue weighted by atomic mass is 10.0. The van der Waals surface area contributed by atoms with Crippen LogP contribution in [0.4, 0.5) is 4.79 Å². The van der Waals surface area contributed by atoms with E-state index in [0.717, 1.165) is 6.42 Å².